The van der Waals surface area contributed by atoms with Crippen LogP contribution in [0.2, 0.25) is 0 Å². The molecule has 0 aromatic carbocycles. The van der Waals surface area contributed by atoms with Crippen molar-refractivity contribution in [1.82, 2.24) is 4.98 Å². The van der Waals surface area contributed by atoms with Gasteiger partial charge < -0.3 is 25.4 Å². The Balaban J connectivity index is 2.32. The fraction of sp³-hybridized carbons (Fsp3) is 0.333. The Morgan fingerprint density at radius 2 is 0.857 bits per heavy atom. The summed E-state index contributed by atoms with van der Waals surface area (Å²) < 4.78 is 0. The second-order valence-electron chi connectivity index (χ2n) is 4.86. The number of carbonyl (C=O) groups is 4. The van der Waals surface area contributed by atoms with Crippen LogP contribution in [0.1, 0.15) is 41.7 Å². The van der Waals surface area contributed by atoms with Gasteiger partial charge in [-0.15, -0.1) is 0 Å². The van der Waals surface area contributed by atoms with Gasteiger partial charge in [0.2, 0.25) is 11.6 Å². The van der Waals surface area contributed by atoms with Gasteiger partial charge in [-0.1, -0.05) is 0 Å². The maximum Gasteiger partial charge on any atom is 0.211 e. The molecule has 1 heterocycles. The number of Topliss-reactive ketones (excluding diaryl/α,β-unsaturated/α-hetero) is 4. The minimum atomic E-state index is -2.06. The van der Waals surface area contributed by atoms with E-state index in [0.717, 1.165) is 0 Å². The molecule has 0 radical (unpaired) electrons. The van der Waals surface area contributed by atoms with Gasteiger partial charge in [-0.05, 0) is 0 Å². The average molecular weight is 295 g/mol. The van der Waals surface area contributed by atoms with Crippen LogP contribution in [0.25, 0.3) is 0 Å². The standard InChI is InChI=1S/C12H9NO8/c14-5-1-2-4(8(17)12(21)10(19)6(2)15)13-3(1)7(16)11(20)9(5)18/h9-13,18-21H. The number of H-pyrrole nitrogens is 1. The lowest BCUT2D eigenvalue weighted by atomic mass is 9.82. The first-order valence-electron chi connectivity index (χ1n) is 5.92. The normalized spacial score (nSPS) is 32.2. The van der Waals surface area contributed by atoms with Crippen molar-refractivity contribution < 1.29 is 39.6 Å². The van der Waals surface area contributed by atoms with Gasteiger partial charge in [-0.25, -0.2) is 0 Å². The van der Waals surface area contributed by atoms with Gasteiger partial charge in [-0.3, -0.25) is 19.2 Å². The minimum Gasteiger partial charge on any atom is -0.382 e. The van der Waals surface area contributed by atoms with E-state index in [1.54, 1.807) is 0 Å². The SMILES string of the molecule is O=C1c2[nH]c3c(c2C(=O)C(O)C1O)C(=O)C(O)C(O)C3=O. The smallest absolute Gasteiger partial charge is 0.211 e. The van der Waals surface area contributed by atoms with E-state index in [9.17, 15) is 39.6 Å². The van der Waals surface area contributed by atoms with E-state index < -0.39 is 70.1 Å². The van der Waals surface area contributed by atoms with Crippen LogP contribution < -0.4 is 0 Å². The minimum absolute atomic E-state index is 0.495. The zero-order valence-corrected chi connectivity index (χ0v) is 10.2. The van der Waals surface area contributed by atoms with Crippen molar-refractivity contribution >= 4 is 23.1 Å². The van der Waals surface area contributed by atoms with Crippen molar-refractivity contribution in [2.75, 3.05) is 0 Å². The van der Waals surface area contributed by atoms with Gasteiger partial charge in [-0.2, -0.15) is 0 Å². The first-order valence-corrected chi connectivity index (χ1v) is 5.92. The summed E-state index contributed by atoms with van der Waals surface area (Å²) in [6.07, 6.45) is -8.14. The Kier molecular flexibility index (Phi) is 2.72. The molecule has 2 aliphatic carbocycles. The van der Waals surface area contributed by atoms with Gasteiger partial charge in [0.15, 0.2) is 36.0 Å². The third-order valence-corrected chi connectivity index (χ3v) is 3.66. The van der Waals surface area contributed by atoms with Crippen LogP contribution in [0.5, 0.6) is 0 Å². The highest BCUT2D eigenvalue weighted by Gasteiger charge is 2.49. The largest absolute Gasteiger partial charge is 0.382 e. The monoisotopic (exact) mass is 295 g/mol. The number of aromatic amines is 1. The Morgan fingerprint density at radius 1 is 0.571 bits per heavy atom. The summed E-state index contributed by atoms with van der Waals surface area (Å²) in [5, 5.41) is 37.9. The summed E-state index contributed by atoms with van der Waals surface area (Å²) in [5.74, 6) is -4.34. The lowest BCUT2D eigenvalue weighted by Crippen LogP contribution is -2.47. The molecule has 21 heavy (non-hydrogen) atoms. The molecule has 0 aliphatic heterocycles. The average Bonchev–Trinajstić information content (AvgIpc) is 2.87. The molecule has 0 amide bonds. The van der Waals surface area contributed by atoms with Crippen molar-refractivity contribution in [3.8, 4) is 0 Å². The number of aliphatic hydroxyl groups is 4. The number of rotatable bonds is 0. The maximum absolute atomic E-state index is 12.0. The molecule has 0 spiro atoms. The van der Waals surface area contributed by atoms with Crippen molar-refractivity contribution in [2.45, 2.75) is 24.4 Å². The second-order valence-corrected chi connectivity index (χ2v) is 4.86. The first kappa shape index (κ1) is 13.8. The van der Waals surface area contributed by atoms with E-state index in [1.807, 2.05) is 0 Å². The number of aromatic nitrogens is 1. The Labute approximate surface area is 115 Å². The highest BCUT2D eigenvalue weighted by atomic mass is 16.3. The van der Waals surface area contributed by atoms with Crippen LogP contribution in [0, 0.1) is 0 Å². The Hall–Kier alpha value is -2.20. The number of hydrogen-bond donors (Lipinski definition) is 5. The van der Waals surface area contributed by atoms with Crippen LogP contribution in [-0.4, -0.2) is 73.0 Å². The van der Waals surface area contributed by atoms with Crippen LogP contribution in [0.15, 0.2) is 0 Å². The molecular weight excluding hydrogens is 286 g/mol. The predicted molar refractivity (Wildman–Crippen MR) is 62.1 cm³/mol. The van der Waals surface area contributed by atoms with Gasteiger partial charge in [0.05, 0.1) is 22.5 Å². The summed E-state index contributed by atoms with van der Waals surface area (Å²) in [6.45, 7) is 0. The van der Waals surface area contributed by atoms with Crippen LogP contribution in [0.3, 0.4) is 0 Å². The molecule has 9 nitrogen and oxygen atoms in total. The van der Waals surface area contributed by atoms with Gasteiger partial charge in [0.25, 0.3) is 0 Å². The molecule has 3 rings (SSSR count). The third kappa shape index (κ3) is 1.54. The van der Waals surface area contributed by atoms with E-state index in [1.165, 1.54) is 0 Å². The summed E-state index contributed by atoms with van der Waals surface area (Å²) in [6, 6.07) is 0. The summed E-state index contributed by atoms with van der Waals surface area (Å²) in [5.41, 5.74) is -2.08. The van der Waals surface area contributed by atoms with Crippen molar-refractivity contribution in [2.24, 2.45) is 0 Å². The third-order valence-electron chi connectivity index (χ3n) is 3.66. The molecule has 9 heteroatoms. The number of nitrogens with one attached hydrogen (secondary N) is 1. The summed E-state index contributed by atoms with van der Waals surface area (Å²) in [4.78, 5) is 49.8. The molecular formula is C12H9NO8. The molecule has 2 aliphatic rings. The van der Waals surface area contributed by atoms with Crippen LogP contribution >= 0.6 is 0 Å². The zero-order chi connectivity index (χ0) is 15.6. The van der Waals surface area contributed by atoms with E-state index in [0.29, 0.717) is 0 Å². The predicted octanol–water partition coefficient (Wildman–Crippen LogP) is -2.78. The molecule has 4 atom stereocenters. The van der Waals surface area contributed by atoms with E-state index >= 15 is 0 Å². The highest BCUT2D eigenvalue weighted by molar-refractivity contribution is 6.27. The molecule has 4 unspecified atom stereocenters. The van der Waals surface area contributed by atoms with E-state index in [-0.39, 0.29) is 0 Å². The Bertz CT molecular complexity index is 659. The Morgan fingerprint density at radius 3 is 1.19 bits per heavy atom. The lowest BCUT2D eigenvalue weighted by molar-refractivity contribution is 0.0166. The highest BCUT2D eigenvalue weighted by Crippen LogP contribution is 2.32. The topological polar surface area (TPSA) is 165 Å². The molecule has 0 bridgehead atoms. The van der Waals surface area contributed by atoms with E-state index in [2.05, 4.69) is 4.98 Å². The molecule has 110 valence electrons. The summed E-state index contributed by atoms with van der Waals surface area (Å²) in [7, 11) is 0. The number of ketones is 4. The van der Waals surface area contributed by atoms with Crippen molar-refractivity contribution in [3.05, 3.63) is 22.5 Å². The maximum atomic E-state index is 12.0. The summed E-state index contributed by atoms with van der Waals surface area (Å²) >= 11 is 0. The molecule has 1 aromatic heterocycles. The number of carbonyl (C=O) groups excluding carboxylic acids is 4. The molecule has 0 saturated heterocycles. The van der Waals surface area contributed by atoms with Gasteiger partial charge in [0.1, 0.15) is 0 Å². The lowest BCUT2D eigenvalue weighted by Gasteiger charge is -2.23. The number of hydrogen-bond acceptors (Lipinski definition) is 8. The fourth-order valence-electron chi connectivity index (χ4n) is 2.53. The van der Waals surface area contributed by atoms with Crippen LogP contribution in [-0.2, 0) is 0 Å². The van der Waals surface area contributed by atoms with Gasteiger partial charge in [0, 0.05) is 0 Å². The number of aliphatic hydroxyl groups excluding tert-OH is 4. The van der Waals surface area contributed by atoms with E-state index in [4.69, 9.17) is 0 Å². The first-order chi connectivity index (χ1) is 9.77. The van der Waals surface area contributed by atoms with Crippen molar-refractivity contribution in [3.63, 3.8) is 0 Å². The van der Waals surface area contributed by atoms with Crippen molar-refractivity contribution in [1.29, 1.82) is 0 Å². The quantitative estimate of drug-likeness (QED) is 0.343. The molecule has 0 fully saturated rings. The fourth-order valence-corrected chi connectivity index (χ4v) is 2.53. The van der Waals surface area contributed by atoms with Gasteiger partial charge >= 0.3 is 0 Å². The molecule has 5 N–H and O–H groups in total. The van der Waals surface area contributed by atoms with Crippen LogP contribution in [0.4, 0.5) is 0 Å². The second kappa shape index (κ2) is 4.15. The molecule has 0 saturated carbocycles. The molecule has 1 aromatic rings. The number of fused-ring (bicyclic) bond motifs is 3. The zero-order valence-electron chi connectivity index (χ0n) is 10.2.